The van der Waals surface area contributed by atoms with Gasteiger partial charge in [-0.05, 0) is 36.8 Å². The summed E-state index contributed by atoms with van der Waals surface area (Å²) in [6.45, 7) is 2.46. The maximum Gasteiger partial charge on any atom is 0.229 e. The molecule has 0 aromatic heterocycles. The van der Waals surface area contributed by atoms with Crippen LogP contribution in [0.25, 0.3) is 0 Å². The van der Waals surface area contributed by atoms with E-state index in [1.165, 1.54) is 12.1 Å². The number of hydrogen-bond donors (Lipinski definition) is 1. The Morgan fingerprint density at radius 3 is 2.50 bits per heavy atom. The van der Waals surface area contributed by atoms with Gasteiger partial charge in [0.05, 0.1) is 12.5 Å². The van der Waals surface area contributed by atoms with Gasteiger partial charge in [-0.15, -0.1) is 0 Å². The molecule has 0 saturated carbocycles. The summed E-state index contributed by atoms with van der Waals surface area (Å²) in [7, 11) is 0. The Morgan fingerprint density at radius 2 is 1.83 bits per heavy atom. The van der Waals surface area contributed by atoms with Gasteiger partial charge in [0.2, 0.25) is 11.8 Å². The molecule has 4 nitrogen and oxygen atoms in total. The molecule has 1 aliphatic heterocycles. The Hall–Kier alpha value is -2.69. The van der Waals surface area contributed by atoms with Gasteiger partial charge >= 0.3 is 0 Å². The maximum absolute atomic E-state index is 12.9. The molecule has 0 unspecified atom stereocenters. The molecule has 2 amide bonds. The Labute approximate surface area is 140 Å². The molecular formula is C19H19FN2O2. The second kappa shape index (κ2) is 6.83. The molecule has 2 aromatic rings. The predicted molar refractivity (Wildman–Crippen MR) is 90.2 cm³/mol. The highest BCUT2D eigenvalue weighted by Gasteiger charge is 2.31. The minimum atomic E-state index is -0.325. The van der Waals surface area contributed by atoms with Crippen LogP contribution in [-0.2, 0) is 16.0 Å². The first-order valence-electron chi connectivity index (χ1n) is 7.92. The van der Waals surface area contributed by atoms with Crippen molar-refractivity contribution in [1.29, 1.82) is 0 Å². The van der Waals surface area contributed by atoms with Crippen molar-refractivity contribution in [3.8, 4) is 0 Å². The van der Waals surface area contributed by atoms with Crippen LogP contribution in [0.3, 0.4) is 0 Å². The van der Waals surface area contributed by atoms with Crippen molar-refractivity contribution in [2.45, 2.75) is 25.8 Å². The second-order valence-corrected chi connectivity index (χ2v) is 6.11. The first kappa shape index (κ1) is 16.2. The van der Waals surface area contributed by atoms with Gasteiger partial charge in [-0.1, -0.05) is 29.8 Å². The van der Waals surface area contributed by atoms with E-state index in [2.05, 4.69) is 5.32 Å². The van der Waals surface area contributed by atoms with E-state index in [0.29, 0.717) is 13.0 Å². The minimum Gasteiger partial charge on any atom is -0.351 e. The summed E-state index contributed by atoms with van der Waals surface area (Å²) in [6, 6.07) is 13.4. The average Bonchev–Trinajstić information content (AvgIpc) is 2.90. The number of carbonyl (C=O) groups is 2. The van der Waals surface area contributed by atoms with Crippen LogP contribution in [0, 0.1) is 12.7 Å². The lowest BCUT2D eigenvalue weighted by Crippen LogP contribution is -2.38. The summed E-state index contributed by atoms with van der Waals surface area (Å²) >= 11 is 0. The molecule has 5 heteroatoms. The van der Waals surface area contributed by atoms with Crippen LogP contribution in [0.1, 0.15) is 17.5 Å². The zero-order valence-electron chi connectivity index (χ0n) is 13.5. The van der Waals surface area contributed by atoms with Gasteiger partial charge in [-0.3, -0.25) is 9.59 Å². The Balaban J connectivity index is 1.58. The smallest absolute Gasteiger partial charge is 0.229 e. The van der Waals surface area contributed by atoms with Crippen LogP contribution < -0.4 is 10.2 Å². The SMILES string of the molecule is Cc1ccc(N2C[C@@H](NC(=O)Cc3ccc(F)cc3)CC2=O)cc1. The first-order valence-corrected chi connectivity index (χ1v) is 7.92. The molecule has 0 bridgehead atoms. The largest absolute Gasteiger partial charge is 0.351 e. The van der Waals surface area contributed by atoms with Gasteiger partial charge in [0.1, 0.15) is 5.82 Å². The van der Waals surface area contributed by atoms with Crippen LogP contribution in [-0.4, -0.2) is 24.4 Å². The van der Waals surface area contributed by atoms with Crippen molar-refractivity contribution in [2.24, 2.45) is 0 Å². The van der Waals surface area contributed by atoms with E-state index in [1.54, 1.807) is 17.0 Å². The molecule has 1 atom stereocenters. The number of benzene rings is 2. The number of nitrogens with one attached hydrogen (secondary N) is 1. The van der Waals surface area contributed by atoms with E-state index in [1.807, 2.05) is 31.2 Å². The molecule has 1 fully saturated rings. The normalized spacial score (nSPS) is 17.2. The molecule has 1 saturated heterocycles. The Kier molecular flexibility index (Phi) is 4.60. The molecule has 0 radical (unpaired) electrons. The summed E-state index contributed by atoms with van der Waals surface area (Å²) in [5.41, 5.74) is 2.73. The van der Waals surface area contributed by atoms with Crippen molar-refractivity contribution in [3.63, 3.8) is 0 Å². The van der Waals surface area contributed by atoms with Crippen molar-refractivity contribution in [1.82, 2.24) is 5.32 Å². The highest BCUT2D eigenvalue weighted by Crippen LogP contribution is 2.22. The predicted octanol–water partition coefficient (Wildman–Crippen LogP) is 2.60. The van der Waals surface area contributed by atoms with Crippen LogP contribution in [0.15, 0.2) is 48.5 Å². The lowest BCUT2D eigenvalue weighted by molar-refractivity contribution is -0.121. The highest BCUT2D eigenvalue weighted by molar-refractivity contribution is 5.96. The number of anilines is 1. The number of halogens is 1. The summed E-state index contributed by atoms with van der Waals surface area (Å²) in [6.07, 6.45) is 0.471. The monoisotopic (exact) mass is 326 g/mol. The van der Waals surface area contributed by atoms with E-state index in [0.717, 1.165) is 16.8 Å². The Morgan fingerprint density at radius 1 is 1.17 bits per heavy atom. The van der Waals surface area contributed by atoms with Crippen molar-refractivity contribution in [2.75, 3.05) is 11.4 Å². The molecule has 0 aliphatic carbocycles. The van der Waals surface area contributed by atoms with E-state index in [4.69, 9.17) is 0 Å². The molecule has 1 heterocycles. The maximum atomic E-state index is 12.9. The minimum absolute atomic E-state index is 0.00550. The third-order valence-corrected chi connectivity index (χ3v) is 4.11. The average molecular weight is 326 g/mol. The fourth-order valence-corrected chi connectivity index (χ4v) is 2.84. The lowest BCUT2D eigenvalue weighted by atomic mass is 10.1. The van der Waals surface area contributed by atoms with Gasteiger partial charge in [0, 0.05) is 18.7 Å². The number of carbonyl (C=O) groups excluding carboxylic acids is 2. The fourth-order valence-electron chi connectivity index (χ4n) is 2.84. The fraction of sp³-hybridized carbons (Fsp3) is 0.263. The first-order chi connectivity index (χ1) is 11.5. The van der Waals surface area contributed by atoms with Crippen LogP contribution in [0.4, 0.5) is 10.1 Å². The zero-order chi connectivity index (χ0) is 17.1. The number of hydrogen-bond acceptors (Lipinski definition) is 2. The Bertz CT molecular complexity index is 741. The third-order valence-electron chi connectivity index (χ3n) is 4.11. The van der Waals surface area contributed by atoms with Crippen molar-refractivity contribution >= 4 is 17.5 Å². The van der Waals surface area contributed by atoms with Crippen molar-refractivity contribution < 1.29 is 14.0 Å². The molecule has 1 N–H and O–H groups in total. The van der Waals surface area contributed by atoms with Gasteiger partial charge in [-0.25, -0.2) is 4.39 Å². The van der Waals surface area contributed by atoms with Crippen LogP contribution >= 0.6 is 0 Å². The zero-order valence-corrected chi connectivity index (χ0v) is 13.5. The van der Waals surface area contributed by atoms with E-state index in [9.17, 15) is 14.0 Å². The second-order valence-electron chi connectivity index (χ2n) is 6.11. The number of rotatable bonds is 4. The topological polar surface area (TPSA) is 49.4 Å². The summed E-state index contributed by atoms with van der Waals surface area (Å²) in [4.78, 5) is 26.0. The summed E-state index contributed by atoms with van der Waals surface area (Å²) < 4.78 is 12.9. The van der Waals surface area contributed by atoms with Crippen LogP contribution in [0.5, 0.6) is 0 Å². The van der Waals surface area contributed by atoms with E-state index < -0.39 is 0 Å². The molecular weight excluding hydrogens is 307 g/mol. The molecule has 24 heavy (non-hydrogen) atoms. The summed E-state index contributed by atoms with van der Waals surface area (Å²) in [5, 5.41) is 2.89. The van der Waals surface area contributed by atoms with Gasteiger partial charge < -0.3 is 10.2 Å². The van der Waals surface area contributed by atoms with Gasteiger partial charge in [0.15, 0.2) is 0 Å². The molecule has 0 spiro atoms. The third kappa shape index (κ3) is 3.79. The van der Waals surface area contributed by atoms with Gasteiger partial charge in [0.25, 0.3) is 0 Å². The number of amides is 2. The van der Waals surface area contributed by atoms with Gasteiger partial charge in [-0.2, -0.15) is 0 Å². The van der Waals surface area contributed by atoms with Crippen LogP contribution in [0.2, 0.25) is 0 Å². The highest BCUT2D eigenvalue weighted by atomic mass is 19.1. The van der Waals surface area contributed by atoms with E-state index in [-0.39, 0.29) is 30.1 Å². The summed E-state index contributed by atoms with van der Waals surface area (Å²) in [5.74, 6) is -0.481. The quantitative estimate of drug-likeness (QED) is 0.939. The number of aryl methyl sites for hydroxylation is 1. The molecule has 124 valence electrons. The van der Waals surface area contributed by atoms with E-state index >= 15 is 0 Å². The molecule has 2 aromatic carbocycles. The lowest BCUT2D eigenvalue weighted by Gasteiger charge is -2.17. The number of nitrogens with zero attached hydrogens (tertiary/aromatic N) is 1. The standard InChI is InChI=1S/C19H19FN2O2/c1-13-2-8-17(9-3-13)22-12-16(11-19(22)24)21-18(23)10-14-4-6-15(20)7-5-14/h2-9,16H,10-12H2,1H3,(H,21,23)/t16-/m0/s1. The molecule has 1 aliphatic rings. The molecule has 3 rings (SSSR count). The van der Waals surface area contributed by atoms with Crippen molar-refractivity contribution in [3.05, 3.63) is 65.5 Å².